The monoisotopic (exact) mass is 250 g/mol. The molecule has 3 aromatic rings. The minimum absolute atomic E-state index is 0.290. The van der Waals surface area contributed by atoms with Gasteiger partial charge in [0.25, 0.3) is 6.43 Å². The molecule has 8 heteroatoms. The van der Waals surface area contributed by atoms with Gasteiger partial charge in [-0.25, -0.2) is 8.78 Å². The molecule has 3 heterocycles. The summed E-state index contributed by atoms with van der Waals surface area (Å²) in [6.07, 6.45) is 0.651. The van der Waals surface area contributed by atoms with Gasteiger partial charge in [-0.15, -0.1) is 10.2 Å². The predicted molar refractivity (Wildman–Crippen MR) is 57.9 cm³/mol. The van der Waals surface area contributed by atoms with Crippen LogP contribution >= 0.6 is 0 Å². The van der Waals surface area contributed by atoms with E-state index >= 15 is 0 Å². The molecule has 0 amide bonds. The SMILES string of the molecule is Cn1cc(-c2ccc3nnc(C(F)F)n3n2)cn1. The van der Waals surface area contributed by atoms with Crippen LogP contribution in [0.25, 0.3) is 16.9 Å². The lowest BCUT2D eigenvalue weighted by molar-refractivity contribution is 0.137. The summed E-state index contributed by atoms with van der Waals surface area (Å²) in [6.45, 7) is 0. The van der Waals surface area contributed by atoms with Gasteiger partial charge in [0.05, 0.1) is 11.9 Å². The lowest BCUT2D eigenvalue weighted by Crippen LogP contribution is -2.00. The second-order valence-electron chi connectivity index (χ2n) is 3.75. The summed E-state index contributed by atoms with van der Waals surface area (Å²) in [5, 5.41) is 15.1. The number of rotatable bonds is 2. The number of aromatic nitrogens is 6. The van der Waals surface area contributed by atoms with E-state index < -0.39 is 12.2 Å². The Kier molecular flexibility index (Phi) is 2.29. The Morgan fingerprint density at radius 3 is 2.72 bits per heavy atom. The van der Waals surface area contributed by atoms with E-state index in [4.69, 9.17) is 0 Å². The second kappa shape index (κ2) is 3.83. The minimum Gasteiger partial charge on any atom is -0.275 e. The van der Waals surface area contributed by atoms with Crippen molar-refractivity contribution in [3.63, 3.8) is 0 Å². The Labute approximate surface area is 99.9 Å². The molecule has 0 saturated heterocycles. The largest absolute Gasteiger partial charge is 0.299 e. The summed E-state index contributed by atoms with van der Waals surface area (Å²) in [5.41, 5.74) is 1.57. The number of nitrogens with zero attached hydrogens (tertiary/aromatic N) is 6. The van der Waals surface area contributed by atoms with Crippen LogP contribution in [0.5, 0.6) is 0 Å². The van der Waals surface area contributed by atoms with Crippen LogP contribution in [0.1, 0.15) is 12.2 Å². The van der Waals surface area contributed by atoms with E-state index in [1.54, 1.807) is 36.3 Å². The van der Waals surface area contributed by atoms with Gasteiger partial charge in [0.15, 0.2) is 5.65 Å². The van der Waals surface area contributed by atoms with Crippen LogP contribution in [-0.2, 0) is 7.05 Å². The highest BCUT2D eigenvalue weighted by Gasteiger charge is 2.17. The van der Waals surface area contributed by atoms with Gasteiger partial charge in [-0.1, -0.05) is 0 Å². The first-order valence-corrected chi connectivity index (χ1v) is 5.14. The van der Waals surface area contributed by atoms with Gasteiger partial charge >= 0.3 is 0 Å². The number of fused-ring (bicyclic) bond motifs is 1. The molecule has 0 unspecified atom stereocenters. The molecule has 0 aliphatic heterocycles. The van der Waals surface area contributed by atoms with Gasteiger partial charge in [-0.2, -0.15) is 14.7 Å². The van der Waals surface area contributed by atoms with Crippen molar-refractivity contribution >= 4 is 5.65 Å². The zero-order valence-corrected chi connectivity index (χ0v) is 9.33. The third-order valence-corrected chi connectivity index (χ3v) is 2.48. The Morgan fingerprint density at radius 1 is 1.22 bits per heavy atom. The van der Waals surface area contributed by atoms with Crippen LogP contribution in [0, 0.1) is 0 Å². The molecule has 0 N–H and O–H groups in total. The molecule has 3 aromatic heterocycles. The van der Waals surface area contributed by atoms with Crippen LogP contribution in [0.4, 0.5) is 8.78 Å². The summed E-state index contributed by atoms with van der Waals surface area (Å²) in [5.74, 6) is -0.462. The van der Waals surface area contributed by atoms with E-state index in [-0.39, 0.29) is 5.65 Å². The van der Waals surface area contributed by atoms with E-state index in [1.165, 1.54) is 0 Å². The van der Waals surface area contributed by atoms with E-state index in [9.17, 15) is 8.78 Å². The van der Waals surface area contributed by atoms with Crippen molar-refractivity contribution in [2.75, 3.05) is 0 Å². The molecule has 0 aliphatic carbocycles. The standard InChI is InChI=1S/C10H8F2N6/c1-17-5-6(4-13-17)7-2-3-8-14-15-10(9(11)12)18(8)16-7/h2-5,9H,1H3. The fraction of sp³-hybridized carbons (Fsp3) is 0.200. The molecule has 0 aliphatic rings. The van der Waals surface area contributed by atoms with Gasteiger partial charge in [0, 0.05) is 18.8 Å². The average Bonchev–Trinajstić information content (AvgIpc) is 2.93. The summed E-state index contributed by atoms with van der Waals surface area (Å²) in [6, 6.07) is 3.28. The van der Waals surface area contributed by atoms with E-state index in [0.29, 0.717) is 5.69 Å². The molecule has 92 valence electrons. The summed E-state index contributed by atoms with van der Waals surface area (Å²) in [7, 11) is 1.77. The van der Waals surface area contributed by atoms with Crippen molar-refractivity contribution in [2.24, 2.45) is 7.05 Å². The van der Waals surface area contributed by atoms with Gasteiger partial charge in [0.1, 0.15) is 0 Å². The summed E-state index contributed by atoms with van der Waals surface area (Å²) < 4.78 is 28.0. The topological polar surface area (TPSA) is 60.9 Å². The third-order valence-electron chi connectivity index (χ3n) is 2.48. The zero-order chi connectivity index (χ0) is 12.7. The number of hydrogen-bond acceptors (Lipinski definition) is 4. The van der Waals surface area contributed by atoms with Crippen molar-refractivity contribution in [2.45, 2.75) is 6.43 Å². The third kappa shape index (κ3) is 1.62. The van der Waals surface area contributed by atoms with Crippen molar-refractivity contribution in [1.29, 1.82) is 0 Å². The van der Waals surface area contributed by atoms with E-state index in [0.717, 1.165) is 10.1 Å². The summed E-state index contributed by atoms with van der Waals surface area (Å²) >= 11 is 0. The molecule has 6 nitrogen and oxygen atoms in total. The molecule has 0 spiro atoms. The van der Waals surface area contributed by atoms with Crippen LogP contribution in [-0.4, -0.2) is 29.6 Å². The van der Waals surface area contributed by atoms with Gasteiger partial charge in [-0.3, -0.25) is 4.68 Å². The Morgan fingerprint density at radius 2 is 2.06 bits per heavy atom. The molecule has 0 bridgehead atoms. The number of alkyl halides is 2. The first-order valence-electron chi connectivity index (χ1n) is 5.14. The van der Waals surface area contributed by atoms with Crippen LogP contribution in [0.15, 0.2) is 24.5 Å². The molecule has 0 atom stereocenters. The van der Waals surface area contributed by atoms with Gasteiger partial charge in [0.2, 0.25) is 5.82 Å². The summed E-state index contributed by atoms with van der Waals surface area (Å²) in [4.78, 5) is 0. The maximum Gasteiger partial charge on any atom is 0.299 e. The lowest BCUT2D eigenvalue weighted by Gasteiger charge is -2.00. The smallest absolute Gasteiger partial charge is 0.275 e. The molecule has 3 rings (SSSR count). The fourth-order valence-electron chi connectivity index (χ4n) is 1.65. The molecular weight excluding hydrogens is 242 g/mol. The Balaban J connectivity index is 2.17. The van der Waals surface area contributed by atoms with Crippen molar-refractivity contribution < 1.29 is 8.78 Å². The molecular formula is C10H8F2N6. The fourth-order valence-corrected chi connectivity index (χ4v) is 1.65. The van der Waals surface area contributed by atoms with Gasteiger partial charge in [-0.05, 0) is 12.1 Å². The van der Waals surface area contributed by atoms with E-state index in [1.807, 2.05) is 0 Å². The quantitative estimate of drug-likeness (QED) is 0.690. The average molecular weight is 250 g/mol. The van der Waals surface area contributed by atoms with Crippen molar-refractivity contribution in [3.8, 4) is 11.3 Å². The van der Waals surface area contributed by atoms with Gasteiger partial charge < -0.3 is 0 Å². The number of halogens is 2. The first kappa shape index (κ1) is 10.8. The van der Waals surface area contributed by atoms with E-state index in [2.05, 4.69) is 20.4 Å². The normalized spacial score (nSPS) is 11.6. The maximum absolute atomic E-state index is 12.7. The molecule has 0 fully saturated rings. The zero-order valence-electron chi connectivity index (χ0n) is 9.33. The highest BCUT2D eigenvalue weighted by Crippen LogP contribution is 2.20. The van der Waals surface area contributed by atoms with Crippen molar-refractivity contribution in [3.05, 3.63) is 30.4 Å². The minimum atomic E-state index is -2.71. The van der Waals surface area contributed by atoms with Crippen LogP contribution in [0.2, 0.25) is 0 Å². The number of hydrogen-bond donors (Lipinski definition) is 0. The first-order chi connectivity index (χ1) is 8.65. The molecule has 0 radical (unpaired) electrons. The lowest BCUT2D eigenvalue weighted by atomic mass is 10.2. The molecule has 18 heavy (non-hydrogen) atoms. The van der Waals surface area contributed by atoms with Crippen molar-refractivity contribution in [1.82, 2.24) is 29.6 Å². The predicted octanol–water partition coefficient (Wildman–Crippen LogP) is 1.46. The Hall–Kier alpha value is -2.38. The Bertz CT molecular complexity index is 701. The highest BCUT2D eigenvalue weighted by atomic mass is 19.3. The maximum atomic E-state index is 12.7. The number of aryl methyl sites for hydroxylation is 1. The van der Waals surface area contributed by atoms with Crippen LogP contribution in [0.3, 0.4) is 0 Å². The highest BCUT2D eigenvalue weighted by molar-refractivity contribution is 5.58. The second-order valence-corrected chi connectivity index (χ2v) is 3.75. The molecule has 0 saturated carbocycles. The van der Waals surface area contributed by atoms with Crippen LogP contribution < -0.4 is 0 Å². The molecule has 0 aromatic carbocycles.